The van der Waals surface area contributed by atoms with E-state index >= 15 is 0 Å². The molecule has 0 aliphatic heterocycles. The van der Waals surface area contributed by atoms with Crippen LogP contribution in [-0.2, 0) is 0 Å². The maximum Gasteiger partial charge on any atom is 0.135 e. The van der Waals surface area contributed by atoms with Crippen LogP contribution in [0.4, 0.5) is 5.82 Å². The third-order valence-electron chi connectivity index (χ3n) is 3.59. The lowest BCUT2D eigenvalue weighted by Crippen LogP contribution is -2.27. The summed E-state index contributed by atoms with van der Waals surface area (Å²) in [4.78, 5) is 8.82. The van der Waals surface area contributed by atoms with Crippen molar-refractivity contribution in [1.82, 2.24) is 9.97 Å². The Morgan fingerprint density at radius 3 is 2.53 bits per heavy atom. The molecule has 0 spiro atoms. The summed E-state index contributed by atoms with van der Waals surface area (Å²) in [6.45, 7) is 4.16. The molecule has 1 aromatic heterocycles. The van der Waals surface area contributed by atoms with Crippen LogP contribution < -0.4 is 5.32 Å². The number of nitrogens with one attached hydrogen (secondary N) is 1. The van der Waals surface area contributed by atoms with Crippen molar-refractivity contribution in [2.75, 3.05) is 11.6 Å². The van der Waals surface area contributed by atoms with Gasteiger partial charge >= 0.3 is 0 Å². The molecule has 0 atom stereocenters. The summed E-state index contributed by atoms with van der Waals surface area (Å²) < 4.78 is 0. The van der Waals surface area contributed by atoms with Gasteiger partial charge in [-0.1, -0.05) is 25.4 Å². The Kier molecular flexibility index (Phi) is 5.34. The molecule has 1 N–H and O–H groups in total. The molecule has 1 aliphatic carbocycles. The topological polar surface area (TPSA) is 37.8 Å². The van der Waals surface area contributed by atoms with Crippen molar-refractivity contribution in [1.29, 1.82) is 0 Å². The van der Waals surface area contributed by atoms with E-state index in [-0.39, 0.29) is 0 Å². The first-order valence-corrected chi connectivity index (χ1v) is 8.59. The lowest BCUT2D eigenvalue weighted by Gasteiger charge is -2.28. The van der Waals surface area contributed by atoms with Gasteiger partial charge in [0.15, 0.2) is 0 Å². The lowest BCUT2D eigenvalue weighted by molar-refractivity contribution is 0.472. The lowest BCUT2D eigenvalue weighted by atomic mass is 9.95. The van der Waals surface area contributed by atoms with Gasteiger partial charge in [-0.2, -0.15) is 11.8 Å². The SMILES string of the molecule is CSC1CCC(Nc2cc(Cl)nc(C(C)C)n2)CC1. The summed E-state index contributed by atoms with van der Waals surface area (Å²) in [6, 6.07) is 2.35. The number of rotatable bonds is 4. The molecule has 0 bridgehead atoms. The first kappa shape index (κ1) is 14.9. The van der Waals surface area contributed by atoms with Gasteiger partial charge in [-0.3, -0.25) is 0 Å². The van der Waals surface area contributed by atoms with E-state index in [2.05, 4.69) is 35.4 Å². The van der Waals surface area contributed by atoms with Gasteiger partial charge < -0.3 is 5.32 Å². The van der Waals surface area contributed by atoms with Crippen molar-refractivity contribution < 1.29 is 0 Å². The van der Waals surface area contributed by atoms with Gasteiger partial charge in [0.2, 0.25) is 0 Å². The highest BCUT2D eigenvalue weighted by atomic mass is 35.5. The zero-order chi connectivity index (χ0) is 13.8. The van der Waals surface area contributed by atoms with Crippen LogP contribution in [0.1, 0.15) is 51.3 Å². The second-order valence-corrected chi connectivity index (χ2v) is 6.97. The van der Waals surface area contributed by atoms with Crippen LogP contribution in [-0.4, -0.2) is 27.5 Å². The Balaban J connectivity index is 1.99. The molecule has 0 aromatic carbocycles. The van der Waals surface area contributed by atoms with E-state index in [4.69, 9.17) is 11.6 Å². The van der Waals surface area contributed by atoms with Crippen LogP contribution >= 0.6 is 23.4 Å². The molecular weight excluding hydrogens is 278 g/mol. The quantitative estimate of drug-likeness (QED) is 0.839. The molecule has 1 saturated carbocycles. The fraction of sp³-hybridized carbons (Fsp3) is 0.714. The standard InChI is InChI=1S/C14H22ClN3S/c1-9(2)14-17-12(15)8-13(18-14)16-10-4-6-11(19-3)7-5-10/h8-11H,4-7H2,1-3H3,(H,16,17,18). The van der Waals surface area contributed by atoms with Crippen LogP contribution in [0.25, 0.3) is 0 Å². The highest BCUT2D eigenvalue weighted by molar-refractivity contribution is 7.99. The van der Waals surface area contributed by atoms with Gasteiger partial charge in [-0.15, -0.1) is 0 Å². The number of hydrogen-bond donors (Lipinski definition) is 1. The van der Waals surface area contributed by atoms with E-state index in [9.17, 15) is 0 Å². The van der Waals surface area contributed by atoms with E-state index in [0.29, 0.717) is 17.1 Å². The third-order valence-corrected chi connectivity index (χ3v) is 4.92. The fourth-order valence-electron chi connectivity index (χ4n) is 2.42. The minimum absolute atomic E-state index is 0.298. The number of nitrogens with zero attached hydrogens (tertiary/aromatic N) is 2. The first-order valence-electron chi connectivity index (χ1n) is 6.92. The van der Waals surface area contributed by atoms with Crippen LogP contribution in [0.2, 0.25) is 5.15 Å². The molecule has 106 valence electrons. The Hall–Kier alpha value is -0.480. The Bertz CT molecular complexity index is 417. The van der Waals surface area contributed by atoms with Gasteiger partial charge in [0.05, 0.1) is 0 Å². The van der Waals surface area contributed by atoms with Crippen LogP contribution in [0.15, 0.2) is 6.07 Å². The monoisotopic (exact) mass is 299 g/mol. The number of aromatic nitrogens is 2. The number of halogens is 1. The third kappa shape index (κ3) is 4.25. The Morgan fingerprint density at radius 1 is 1.26 bits per heavy atom. The molecule has 1 aromatic rings. The molecule has 19 heavy (non-hydrogen) atoms. The summed E-state index contributed by atoms with van der Waals surface area (Å²) >= 11 is 8.05. The Morgan fingerprint density at radius 2 is 1.95 bits per heavy atom. The molecule has 0 radical (unpaired) electrons. The van der Waals surface area contributed by atoms with Gasteiger partial charge in [0.25, 0.3) is 0 Å². The number of thioether (sulfide) groups is 1. The molecule has 3 nitrogen and oxygen atoms in total. The first-order chi connectivity index (χ1) is 9.08. The highest BCUT2D eigenvalue weighted by Crippen LogP contribution is 2.28. The molecule has 5 heteroatoms. The number of hydrogen-bond acceptors (Lipinski definition) is 4. The van der Waals surface area contributed by atoms with Crippen molar-refractivity contribution in [3.05, 3.63) is 17.0 Å². The largest absolute Gasteiger partial charge is 0.367 e. The summed E-state index contributed by atoms with van der Waals surface area (Å²) in [5, 5.41) is 4.88. The second-order valence-electron chi connectivity index (χ2n) is 5.44. The molecule has 0 saturated heterocycles. The zero-order valence-electron chi connectivity index (χ0n) is 11.8. The average Bonchev–Trinajstić information content (AvgIpc) is 2.39. The summed E-state index contributed by atoms with van der Waals surface area (Å²) in [5.74, 6) is 1.98. The van der Waals surface area contributed by atoms with E-state index < -0.39 is 0 Å². The van der Waals surface area contributed by atoms with Crippen molar-refractivity contribution in [2.24, 2.45) is 0 Å². The average molecular weight is 300 g/mol. The normalized spacial score (nSPS) is 23.6. The smallest absolute Gasteiger partial charge is 0.135 e. The van der Waals surface area contributed by atoms with E-state index in [0.717, 1.165) is 16.9 Å². The van der Waals surface area contributed by atoms with E-state index in [1.54, 1.807) is 0 Å². The molecule has 1 fully saturated rings. The second kappa shape index (κ2) is 6.80. The Labute approximate surface area is 124 Å². The minimum atomic E-state index is 0.298. The molecule has 1 heterocycles. The van der Waals surface area contributed by atoms with Gasteiger partial charge in [0, 0.05) is 23.3 Å². The fourth-order valence-corrected chi connectivity index (χ4v) is 3.35. The van der Waals surface area contributed by atoms with Crippen LogP contribution in [0.5, 0.6) is 0 Å². The minimum Gasteiger partial charge on any atom is -0.367 e. The van der Waals surface area contributed by atoms with Gasteiger partial charge in [-0.05, 0) is 31.9 Å². The van der Waals surface area contributed by atoms with Crippen molar-refractivity contribution >= 4 is 29.2 Å². The van der Waals surface area contributed by atoms with Crippen LogP contribution in [0, 0.1) is 0 Å². The zero-order valence-corrected chi connectivity index (χ0v) is 13.4. The molecule has 2 rings (SSSR count). The van der Waals surface area contributed by atoms with Gasteiger partial charge in [-0.25, -0.2) is 9.97 Å². The number of anilines is 1. The highest BCUT2D eigenvalue weighted by Gasteiger charge is 2.21. The summed E-state index contributed by atoms with van der Waals surface area (Å²) in [6.07, 6.45) is 7.20. The van der Waals surface area contributed by atoms with Gasteiger partial charge in [0.1, 0.15) is 16.8 Å². The predicted molar refractivity (Wildman–Crippen MR) is 84.3 cm³/mol. The molecule has 1 aliphatic rings. The van der Waals surface area contributed by atoms with Crippen molar-refractivity contribution in [3.8, 4) is 0 Å². The summed E-state index contributed by atoms with van der Waals surface area (Å²) in [7, 11) is 0. The predicted octanol–water partition coefficient (Wildman–Crippen LogP) is 4.34. The van der Waals surface area contributed by atoms with E-state index in [1.165, 1.54) is 25.7 Å². The molecule has 0 unspecified atom stereocenters. The molecule has 0 amide bonds. The maximum absolute atomic E-state index is 6.06. The molecular formula is C14H22ClN3S. The van der Waals surface area contributed by atoms with E-state index in [1.807, 2.05) is 17.8 Å². The maximum atomic E-state index is 6.06. The van der Waals surface area contributed by atoms with Crippen molar-refractivity contribution in [2.45, 2.75) is 56.7 Å². The van der Waals surface area contributed by atoms with Crippen LogP contribution in [0.3, 0.4) is 0 Å². The summed E-state index contributed by atoms with van der Waals surface area (Å²) in [5.41, 5.74) is 0. The van der Waals surface area contributed by atoms with Crippen molar-refractivity contribution in [3.63, 3.8) is 0 Å².